The number of aryl methyl sites for hydroxylation is 1. The molecule has 0 saturated carbocycles. The number of carbonyl (C=O) groups is 1. The minimum absolute atomic E-state index is 0.0322. The van der Waals surface area contributed by atoms with Crippen molar-refractivity contribution >= 4 is 28.5 Å². The van der Waals surface area contributed by atoms with Crippen molar-refractivity contribution in [1.82, 2.24) is 14.9 Å². The number of hydrogen-bond donors (Lipinski definition) is 1. The summed E-state index contributed by atoms with van der Waals surface area (Å²) in [4.78, 5) is 16.7. The van der Waals surface area contributed by atoms with E-state index in [9.17, 15) is 4.79 Å². The lowest BCUT2D eigenvalue weighted by atomic mass is 10.1. The maximum Gasteiger partial charge on any atom is 0.224 e. The minimum atomic E-state index is -0.0322. The van der Waals surface area contributed by atoms with Crippen LogP contribution in [0, 0.1) is 12.3 Å². The summed E-state index contributed by atoms with van der Waals surface area (Å²) < 4.78 is 2.06. The molecule has 0 saturated heterocycles. The fraction of sp³-hybridized carbons (Fsp3) is 0.238. The van der Waals surface area contributed by atoms with Gasteiger partial charge in [-0.05, 0) is 30.2 Å². The second-order valence-electron chi connectivity index (χ2n) is 6.03. The molecule has 0 aliphatic heterocycles. The van der Waals surface area contributed by atoms with Crippen LogP contribution < -0.4 is 5.32 Å². The number of imidazole rings is 1. The summed E-state index contributed by atoms with van der Waals surface area (Å²) in [5, 5.41) is 3.56. The Kier molecular flexibility index (Phi) is 5.93. The molecule has 1 amide bonds. The fourth-order valence-electron chi connectivity index (χ4n) is 2.94. The normalized spacial score (nSPS) is 10.6. The molecule has 1 aromatic heterocycles. The molecule has 0 radical (unpaired) electrons. The molecular formula is C21H20ClN3O. The minimum Gasteiger partial charge on any atom is -0.356 e. The molecule has 0 aliphatic rings. The average Bonchev–Trinajstić information content (AvgIpc) is 2.99. The van der Waals surface area contributed by atoms with Crippen LogP contribution in [0.4, 0.5) is 0 Å². The van der Waals surface area contributed by atoms with Crippen molar-refractivity contribution < 1.29 is 4.79 Å². The quantitative estimate of drug-likeness (QED) is 0.513. The molecular weight excluding hydrogens is 346 g/mol. The fourth-order valence-corrected chi connectivity index (χ4v) is 3.14. The van der Waals surface area contributed by atoms with Gasteiger partial charge in [0, 0.05) is 18.0 Å². The van der Waals surface area contributed by atoms with Crippen LogP contribution in [-0.2, 0) is 24.2 Å². The molecule has 26 heavy (non-hydrogen) atoms. The molecule has 0 unspecified atom stereocenters. The molecule has 0 atom stereocenters. The monoisotopic (exact) mass is 365 g/mol. The van der Waals surface area contributed by atoms with Gasteiger partial charge >= 0.3 is 0 Å². The number of halogens is 1. The number of benzene rings is 2. The number of terminal acetylenes is 1. The summed E-state index contributed by atoms with van der Waals surface area (Å²) in [6.07, 6.45) is 7.33. The third-order valence-corrected chi connectivity index (χ3v) is 4.56. The molecule has 5 heteroatoms. The smallest absolute Gasteiger partial charge is 0.224 e. The highest BCUT2D eigenvalue weighted by molar-refractivity contribution is 6.31. The van der Waals surface area contributed by atoms with E-state index in [-0.39, 0.29) is 12.3 Å². The summed E-state index contributed by atoms with van der Waals surface area (Å²) in [6.45, 7) is 1.08. The largest absolute Gasteiger partial charge is 0.356 e. The van der Waals surface area contributed by atoms with Gasteiger partial charge in [-0.1, -0.05) is 47.9 Å². The summed E-state index contributed by atoms with van der Waals surface area (Å²) in [6, 6.07) is 15.3. The van der Waals surface area contributed by atoms with Crippen molar-refractivity contribution in [3.05, 3.63) is 64.9 Å². The molecule has 0 fully saturated rings. The predicted molar refractivity (Wildman–Crippen MR) is 105 cm³/mol. The van der Waals surface area contributed by atoms with Crippen LogP contribution in [0.2, 0.25) is 5.02 Å². The first-order valence-electron chi connectivity index (χ1n) is 8.56. The van der Waals surface area contributed by atoms with Gasteiger partial charge < -0.3 is 9.88 Å². The summed E-state index contributed by atoms with van der Waals surface area (Å²) in [5.74, 6) is 3.60. The number of nitrogens with zero attached hydrogens (tertiary/aromatic N) is 2. The van der Waals surface area contributed by atoms with E-state index >= 15 is 0 Å². The lowest BCUT2D eigenvalue weighted by Gasteiger charge is -2.08. The molecule has 3 aromatic rings. The van der Waals surface area contributed by atoms with Gasteiger partial charge in [-0.15, -0.1) is 6.42 Å². The maximum absolute atomic E-state index is 12.1. The zero-order valence-corrected chi connectivity index (χ0v) is 15.2. The third kappa shape index (κ3) is 4.25. The first kappa shape index (κ1) is 18.0. The van der Waals surface area contributed by atoms with Gasteiger partial charge in [-0.2, -0.15) is 0 Å². The van der Waals surface area contributed by atoms with Crippen molar-refractivity contribution in [2.24, 2.45) is 0 Å². The number of rotatable bonds is 7. The van der Waals surface area contributed by atoms with E-state index in [1.54, 1.807) is 6.07 Å². The van der Waals surface area contributed by atoms with E-state index in [1.807, 2.05) is 42.5 Å². The van der Waals surface area contributed by atoms with Crippen LogP contribution in [0.1, 0.15) is 17.8 Å². The number of carbonyl (C=O) groups excluding carboxylic acids is 1. The first-order valence-corrected chi connectivity index (χ1v) is 8.94. The van der Waals surface area contributed by atoms with E-state index < -0.39 is 0 Å². The van der Waals surface area contributed by atoms with Crippen molar-refractivity contribution in [3.8, 4) is 12.3 Å². The first-order chi connectivity index (χ1) is 12.7. The SMILES string of the molecule is C#CCn1c(CCCNC(=O)Cc2ccccc2Cl)nc2ccccc21. The maximum atomic E-state index is 12.1. The second kappa shape index (κ2) is 8.55. The second-order valence-corrected chi connectivity index (χ2v) is 6.44. The van der Waals surface area contributed by atoms with Crippen molar-refractivity contribution in [2.75, 3.05) is 6.54 Å². The molecule has 0 spiro atoms. The number of fused-ring (bicyclic) bond motifs is 1. The highest BCUT2D eigenvalue weighted by Crippen LogP contribution is 2.17. The Bertz CT molecular complexity index is 955. The number of aromatic nitrogens is 2. The Labute approximate surface area is 158 Å². The molecule has 4 nitrogen and oxygen atoms in total. The molecule has 1 heterocycles. The third-order valence-electron chi connectivity index (χ3n) is 4.19. The van der Waals surface area contributed by atoms with Crippen molar-refractivity contribution in [3.63, 3.8) is 0 Å². The van der Waals surface area contributed by atoms with E-state index in [1.165, 1.54) is 0 Å². The molecule has 0 bridgehead atoms. The van der Waals surface area contributed by atoms with Crippen molar-refractivity contribution in [1.29, 1.82) is 0 Å². The molecule has 1 N–H and O–H groups in total. The van der Waals surface area contributed by atoms with Gasteiger partial charge in [0.05, 0.1) is 24.0 Å². The van der Waals surface area contributed by atoms with Gasteiger partial charge in [0.2, 0.25) is 5.91 Å². The Hall–Kier alpha value is -2.77. The van der Waals surface area contributed by atoms with E-state index in [4.69, 9.17) is 18.0 Å². The van der Waals surface area contributed by atoms with Crippen LogP contribution in [0.25, 0.3) is 11.0 Å². The number of hydrogen-bond acceptors (Lipinski definition) is 2. The number of nitrogens with one attached hydrogen (secondary N) is 1. The van der Waals surface area contributed by atoms with Gasteiger partial charge in [0.25, 0.3) is 0 Å². The highest BCUT2D eigenvalue weighted by Gasteiger charge is 2.10. The average molecular weight is 366 g/mol. The van der Waals surface area contributed by atoms with Crippen LogP contribution in [-0.4, -0.2) is 22.0 Å². The Morgan fingerprint density at radius 1 is 1.19 bits per heavy atom. The lowest BCUT2D eigenvalue weighted by Crippen LogP contribution is -2.26. The van der Waals surface area contributed by atoms with E-state index in [0.717, 1.165) is 35.3 Å². The van der Waals surface area contributed by atoms with Crippen LogP contribution in [0.15, 0.2) is 48.5 Å². The zero-order chi connectivity index (χ0) is 18.4. The van der Waals surface area contributed by atoms with E-state index in [2.05, 4.69) is 20.8 Å². The Morgan fingerprint density at radius 3 is 2.77 bits per heavy atom. The van der Waals surface area contributed by atoms with Gasteiger partial charge in [0.1, 0.15) is 5.82 Å². The predicted octanol–water partition coefficient (Wildman–Crippen LogP) is 3.61. The van der Waals surface area contributed by atoms with Gasteiger partial charge in [0.15, 0.2) is 0 Å². The molecule has 2 aromatic carbocycles. The molecule has 132 valence electrons. The number of amides is 1. The summed E-state index contributed by atoms with van der Waals surface area (Å²) in [5.41, 5.74) is 2.83. The Morgan fingerprint density at radius 2 is 1.96 bits per heavy atom. The standard InChI is InChI=1S/C21H20ClN3O/c1-2-14-25-19-11-6-5-10-18(19)24-20(25)12-7-13-23-21(26)15-16-8-3-4-9-17(16)22/h1,3-6,8-11H,7,12-15H2,(H,23,26). The van der Waals surface area contributed by atoms with Gasteiger partial charge in [-0.3, -0.25) is 4.79 Å². The van der Waals surface area contributed by atoms with Crippen LogP contribution >= 0.6 is 11.6 Å². The van der Waals surface area contributed by atoms with Crippen LogP contribution in [0.5, 0.6) is 0 Å². The lowest BCUT2D eigenvalue weighted by molar-refractivity contribution is -0.120. The van der Waals surface area contributed by atoms with E-state index in [0.29, 0.717) is 18.1 Å². The van der Waals surface area contributed by atoms with Crippen LogP contribution in [0.3, 0.4) is 0 Å². The summed E-state index contributed by atoms with van der Waals surface area (Å²) >= 11 is 6.09. The topological polar surface area (TPSA) is 46.9 Å². The zero-order valence-electron chi connectivity index (χ0n) is 14.4. The van der Waals surface area contributed by atoms with Gasteiger partial charge in [-0.25, -0.2) is 4.98 Å². The Balaban J connectivity index is 1.54. The number of para-hydroxylation sites is 2. The molecule has 0 aliphatic carbocycles. The molecule has 3 rings (SSSR count). The summed E-state index contributed by atoms with van der Waals surface area (Å²) in [7, 11) is 0. The van der Waals surface area contributed by atoms with Crippen molar-refractivity contribution in [2.45, 2.75) is 25.8 Å². The highest BCUT2D eigenvalue weighted by atomic mass is 35.5.